The normalized spacial score (nSPS) is 11.4. The molecule has 0 aliphatic heterocycles. The maximum atomic E-state index is 5.74. The van der Waals surface area contributed by atoms with Gasteiger partial charge in [0.1, 0.15) is 0 Å². The maximum Gasteiger partial charge on any atom is 0.0859 e. The van der Waals surface area contributed by atoms with E-state index < -0.39 is 0 Å². The summed E-state index contributed by atoms with van der Waals surface area (Å²) in [4.78, 5) is 0. The molecular weight excluding hydrogens is 172 g/mol. The average molecular weight is 183 g/mol. The average Bonchev–Trinajstić information content (AvgIpc) is 2.06. The van der Waals surface area contributed by atoms with Gasteiger partial charge in [0.25, 0.3) is 0 Å². The summed E-state index contributed by atoms with van der Waals surface area (Å²) in [5.74, 6) is 0. The molecule has 0 aliphatic carbocycles. The number of benzene rings is 1. The number of allylic oxidation sites excluding steroid dienone is 1. The number of halogens is 1. The summed E-state index contributed by atoms with van der Waals surface area (Å²) in [6.45, 7) is 1.99. The molecule has 0 amide bonds. The second kappa shape index (κ2) is 4.17. The van der Waals surface area contributed by atoms with E-state index in [1.165, 1.54) is 0 Å². The molecule has 0 spiro atoms. The van der Waals surface area contributed by atoms with Gasteiger partial charge < -0.3 is 4.74 Å². The zero-order valence-electron chi connectivity index (χ0n) is 7.17. The summed E-state index contributed by atoms with van der Waals surface area (Å²) >= 11 is 5.74. The van der Waals surface area contributed by atoms with E-state index in [9.17, 15) is 0 Å². The van der Waals surface area contributed by atoms with Gasteiger partial charge in [0.15, 0.2) is 0 Å². The molecule has 1 nitrogen and oxygen atoms in total. The lowest BCUT2D eigenvalue weighted by Gasteiger charge is -2.00. The minimum Gasteiger partial charge on any atom is -0.504 e. The van der Waals surface area contributed by atoms with Crippen LogP contribution in [0, 0.1) is 0 Å². The zero-order chi connectivity index (χ0) is 8.97. The van der Waals surface area contributed by atoms with Crippen LogP contribution in [0.4, 0.5) is 0 Å². The van der Waals surface area contributed by atoms with Crippen molar-refractivity contribution in [1.29, 1.82) is 0 Å². The largest absolute Gasteiger partial charge is 0.504 e. The van der Waals surface area contributed by atoms with Gasteiger partial charge in [-0.3, -0.25) is 0 Å². The summed E-state index contributed by atoms with van der Waals surface area (Å²) in [5, 5.41) is 0.754. The van der Waals surface area contributed by atoms with Crippen molar-refractivity contribution >= 4 is 17.2 Å². The van der Waals surface area contributed by atoms with E-state index >= 15 is 0 Å². The number of hydrogen-bond acceptors (Lipinski definition) is 1. The molecule has 1 rings (SSSR count). The van der Waals surface area contributed by atoms with Crippen LogP contribution in [0.3, 0.4) is 0 Å². The van der Waals surface area contributed by atoms with E-state index in [2.05, 4.69) is 0 Å². The molecular formula is C10H11ClO. The minimum atomic E-state index is 0.754. The molecule has 1 aromatic carbocycles. The van der Waals surface area contributed by atoms with E-state index in [1.807, 2.05) is 31.2 Å². The zero-order valence-corrected chi connectivity index (χ0v) is 7.93. The number of hydrogen-bond donors (Lipinski definition) is 0. The molecule has 12 heavy (non-hydrogen) atoms. The molecule has 0 fully saturated rings. The van der Waals surface area contributed by atoms with Crippen molar-refractivity contribution in [2.24, 2.45) is 0 Å². The van der Waals surface area contributed by atoms with Gasteiger partial charge in [0.05, 0.1) is 13.4 Å². The molecule has 0 atom stereocenters. The summed E-state index contributed by atoms with van der Waals surface area (Å²) in [6.07, 6.45) is 1.71. The lowest BCUT2D eigenvalue weighted by Crippen LogP contribution is -1.79. The second-order valence-electron chi connectivity index (χ2n) is 2.54. The summed E-state index contributed by atoms with van der Waals surface area (Å²) < 4.78 is 4.89. The highest BCUT2D eigenvalue weighted by atomic mass is 35.5. The SMILES string of the molecule is CO/C=C(/C)c1ccc(Cl)cc1. The Hall–Kier alpha value is -0.950. The monoisotopic (exact) mass is 182 g/mol. The molecule has 0 radical (unpaired) electrons. The number of ether oxygens (including phenoxy) is 1. The highest BCUT2D eigenvalue weighted by Crippen LogP contribution is 2.16. The van der Waals surface area contributed by atoms with Crippen molar-refractivity contribution in [1.82, 2.24) is 0 Å². The third-order valence-electron chi connectivity index (χ3n) is 1.59. The van der Waals surface area contributed by atoms with Crippen molar-refractivity contribution in [3.8, 4) is 0 Å². The van der Waals surface area contributed by atoms with Crippen molar-refractivity contribution in [2.45, 2.75) is 6.92 Å². The van der Waals surface area contributed by atoms with Gasteiger partial charge in [-0.05, 0) is 30.2 Å². The van der Waals surface area contributed by atoms with Crippen LogP contribution in [-0.2, 0) is 4.74 Å². The standard InChI is InChI=1S/C10H11ClO/c1-8(7-12-2)9-3-5-10(11)6-4-9/h3-7H,1-2H3/b8-7-. The highest BCUT2D eigenvalue weighted by molar-refractivity contribution is 6.30. The summed E-state index contributed by atoms with van der Waals surface area (Å²) in [5.41, 5.74) is 2.22. The molecule has 0 N–H and O–H groups in total. The van der Waals surface area contributed by atoms with Crippen LogP contribution in [0.1, 0.15) is 12.5 Å². The Labute approximate surface area is 77.6 Å². The van der Waals surface area contributed by atoms with Crippen LogP contribution >= 0.6 is 11.6 Å². The molecule has 0 aromatic heterocycles. The molecule has 1 aromatic rings. The highest BCUT2D eigenvalue weighted by Gasteiger charge is 1.94. The van der Waals surface area contributed by atoms with Gasteiger partial charge in [-0.1, -0.05) is 23.7 Å². The maximum absolute atomic E-state index is 5.74. The number of methoxy groups -OCH3 is 1. The van der Waals surface area contributed by atoms with E-state index in [0.717, 1.165) is 16.2 Å². The lowest BCUT2D eigenvalue weighted by atomic mass is 10.1. The van der Waals surface area contributed by atoms with Gasteiger partial charge in [-0.2, -0.15) is 0 Å². The van der Waals surface area contributed by atoms with Crippen molar-refractivity contribution < 1.29 is 4.74 Å². The van der Waals surface area contributed by atoms with Crippen LogP contribution < -0.4 is 0 Å². The second-order valence-corrected chi connectivity index (χ2v) is 2.98. The fourth-order valence-corrected chi connectivity index (χ4v) is 1.08. The predicted octanol–water partition coefficient (Wildman–Crippen LogP) is 3.35. The molecule has 2 heteroatoms. The summed E-state index contributed by atoms with van der Waals surface area (Å²) in [6, 6.07) is 7.66. The van der Waals surface area contributed by atoms with Gasteiger partial charge in [0.2, 0.25) is 0 Å². The Morgan fingerprint density at radius 3 is 2.42 bits per heavy atom. The Morgan fingerprint density at radius 1 is 1.33 bits per heavy atom. The Morgan fingerprint density at radius 2 is 1.92 bits per heavy atom. The van der Waals surface area contributed by atoms with Crippen LogP contribution in [0.2, 0.25) is 5.02 Å². The fraction of sp³-hybridized carbons (Fsp3) is 0.200. The van der Waals surface area contributed by atoms with Gasteiger partial charge in [0, 0.05) is 5.02 Å². The first kappa shape index (κ1) is 9.14. The van der Waals surface area contributed by atoms with Crippen molar-refractivity contribution in [3.05, 3.63) is 41.1 Å². The van der Waals surface area contributed by atoms with Crippen molar-refractivity contribution in [2.75, 3.05) is 7.11 Å². The van der Waals surface area contributed by atoms with Crippen LogP contribution in [0.25, 0.3) is 5.57 Å². The van der Waals surface area contributed by atoms with E-state index in [1.54, 1.807) is 13.4 Å². The third kappa shape index (κ3) is 2.28. The quantitative estimate of drug-likeness (QED) is 0.638. The first-order chi connectivity index (χ1) is 5.74. The first-order valence-corrected chi connectivity index (χ1v) is 4.07. The van der Waals surface area contributed by atoms with E-state index in [4.69, 9.17) is 16.3 Å². The number of rotatable bonds is 2. The molecule has 64 valence electrons. The molecule has 0 bridgehead atoms. The van der Waals surface area contributed by atoms with Crippen LogP contribution in [-0.4, -0.2) is 7.11 Å². The molecule has 0 saturated heterocycles. The minimum absolute atomic E-state index is 0.754. The third-order valence-corrected chi connectivity index (χ3v) is 1.85. The molecule has 0 aliphatic rings. The first-order valence-electron chi connectivity index (χ1n) is 3.69. The Bertz CT molecular complexity index is 274. The van der Waals surface area contributed by atoms with E-state index in [0.29, 0.717) is 0 Å². The van der Waals surface area contributed by atoms with E-state index in [-0.39, 0.29) is 0 Å². The molecule has 0 heterocycles. The van der Waals surface area contributed by atoms with Gasteiger partial charge >= 0.3 is 0 Å². The van der Waals surface area contributed by atoms with Crippen LogP contribution in [0.5, 0.6) is 0 Å². The van der Waals surface area contributed by atoms with Gasteiger partial charge in [-0.25, -0.2) is 0 Å². The van der Waals surface area contributed by atoms with Crippen LogP contribution in [0.15, 0.2) is 30.5 Å². The topological polar surface area (TPSA) is 9.23 Å². The summed E-state index contributed by atoms with van der Waals surface area (Å²) in [7, 11) is 1.64. The lowest BCUT2D eigenvalue weighted by molar-refractivity contribution is 0.339. The smallest absolute Gasteiger partial charge is 0.0859 e. The van der Waals surface area contributed by atoms with Gasteiger partial charge in [-0.15, -0.1) is 0 Å². The van der Waals surface area contributed by atoms with Crippen molar-refractivity contribution in [3.63, 3.8) is 0 Å². The molecule has 0 saturated carbocycles. The molecule has 0 unspecified atom stereocenters. The predicted molar refractivity (Wildman–Crippen MR) is 52.1 cm³/mol. The Balaban J connectivity index is 2.89. The Kier molecular flexibility index (Phi) is 3.18. The fourth-order valence-electron chi connectivity index (χ4n) is 0.958.